The van der Waals surface area contributed by atoms with Crippen LogP contribution in [0.4, 0.5) is 0 Å². The largest absolute Gasteiger partial charge is 0.461 e. The molecule has 4 nitrogen and oxygen atoms in total. The third-order valence-electron chi connectivity index (χ3n) is 5.72. The predicted molar refractivity (Wildman–Crippen MR) is 92.7 cm³/mol. The second-order valence-electron chi connectivity index (χ2n) is 7.65. The minimum atomic E-state index is -0.102. The highest BCUT2D eigenvalue weighted by Gasteiger charge is 2.60. The van der Waals surface area contributed by atoms with Crippen molar-refractivity contribution in [3.8, 4) is 0 Å². The lowest BCUT2D eigenvalue weighted by molar-refractivity contribution is -0.254. The summed E-state index contributed by atoms with van der Waals surface area (Å²) < 4.78 is 13.8. The Balaban J connectivity index is 1.37. The number of esters is 1. The number of hydrogen-bond donors (Lipinski definition) is 0. The van der Waals surface area contributed by atoms with Crippen LogP contribution in [0.1, 0.15) is 33.1 Å². The van der Waals surface area contributed by atoms with Crippen LogP contribution >= 0.6 is 0 Å². The lowest BCUT2D eigenvalue weighted by Crippen LogP contribution is -2.65. The van der Waals surface area contributed by atoms with Crippen LogP contribution in [-0.4, -0.2) is 29.4 Å². The Morgan fingerprint density at radius 2 is 2.17 bits per heavy atom. The van der Waals surface area contributed by atoms with Crippen LogP contribution in [0, 0.1) is 11.3 Å². The highest BCUT2D eigenvalue weighted by Crippen LogP contribution is 2.53. The first-order chi connectivity index (χ1) is 11.6. The van der Waals surface area contributed by atoms with Gasteiger partial charge in [-0.3, -0.25) is 4.79 Å². The van der Waals surface area contributed by atoms with E-state index in [1.807, 2.05) is 18.3 Å². The second kappa shape index (κ2) is 5.92. The lowest BCUT2D eigenvalue weighted by Gasteiger charge is -2.58. The summed E-state index contributed by atoms with van der Waals surface area (Å²) in [5.41, 5.74) is 1.09. The zero-order valence-corrected chi connectivity index (χ0v) is 14.4. The average molecular weight is 327 g/mol. The van der Waals surface area contributed by atoms with Crippen molar-refractivity contribution in [2.75, 3.05) is 6.61 Å². The molecule has 0 bridgehead atoms. The topological polar surface area (TPSA) is 40.5 Å². The maximum Gasteiger partial charge on any atom is 0.307 e. The Kier molecular flexibility index (Phi) is 3.87. The fourth-order valence-electron chi connectivity index (χ4n) is 4.46. The van der Waals surface area contributed by atoms with Crippen molar-refractivity contribution >= 4 is 16.9 Å². The van der Waals surface area contributed by atoms with E-state index in [0.29, 0.717) is 18.9 Å². The number of aryl methyl sites for hydroxylation is 1. The first kappa shape index (κ1) is 15.7. The quantitative estimate of drug-likeness (QED) is 0.803. The fraction of sp³-hybridized carbons (Fsp3) is 0.550. The molecule has 1 saturated carbocycles. The number of carbonyl (C=O) groups is 1. The SMILES string of the molecule is CC1(C)[C@@H]2OCCC[C@@H]2[C@@H]1OC(=O)CCn1ccc2ccccc21. The number of hydrogen-bond acceptors (Lipinski definition) is 3. The molecule has 3 atom stereocenters. The zero-order valence-electron chi connectivity index (χ0n) is 14.4. The van der Waals surface area contributed by atoms with Crippen LogP contribution in [0.25, 0.3) is 10.9 Å². The van der Waals surface area contributed by atoms with E-state index in [-0.39, 0.29) is 23.6 Å². The summed E-state index contributed by atoms with van der Waals surface area (Å²) in [4.78, 5) is 12.4. The molecule has 0 unspecified atom stereocenters. The molecule has 2 aliphatic rings. The predicted octanol–water partition coefficient (Wildman–Crippen LogP) is 3.78. The van der Waals surface area contributed by atoms with Crippen LogP contribution in [0.15, 0.2) is 36.5 Å². The van der Waals surface area contributed by atoms with E-state index in [9.17, 15) is 4.79 Å². The molecular formula is C20H25NO3. The van der Waals surface area contributed by atoms with Crippen LogP contribution in [0.2, 0.25) is 0 Å². The maximum atomic E-state index is 12.4. The van der Waals surface area contributed by atoms with Crippen molar-refractivity contribution in [2.45, 2.75) is 51.9 Å². The molecule has 0 spiro atoms. The number of nitrogens with zero attached hydrogens (tertiary/aromatic N) is 1. The number of aromatic nitrogens is 1. The van der Waals surface area contributed by atoms with Crippen molar-refractivity contribution in [2.24, 2.45) is 11.3 Å². The minimum absolute atomic E-state index is 0.00305. The normalized spacial score (nSPS) is 28.2. The maximum absolute atomic E-state index is 12.4. The summed E-state index contributed by atoms with van der Waals surface area (Å²) in [5, 5.41) is 1.20. The molecule has 2 aromatic rings. The summed E-state index contributed by atoms with van der Waals surface area (Å²) in [6.07, 6.45) is 4.86. The molecule has 1 aromatic heterocycles. The smallest absolute Gasteiger partial charge is 0.307 e. The van der Waals surface area contributed by atoms with E-state index < -0.39 is 0 Å². The first-order valence-electron chi connectivity index (χ1n) is 8.92. The monoisotopic (exact) mass is 327 g/mol. The number of para-hydroxylation sites is 1. The van der Waals surface area contributed by atoms with Gasteiger partial charge in [-0.05, 0) is 30.4 Å². The van der Waals surface area contributed by atoms with Gasteiger partial charge < -0.3 is 14.0 Å². The minimum Gasteiger partial charge on any atom is -0.461 e. The Morgan fingerprint density at radius 1 is 1.33 bits per heavy atom. The molecule has 1 aromatic carbocycles. The van der Waals surface area contributed by atoms with Gasteiger partial charge >= 0.3 is 5.97 Å². The van der Waals surface area contributed by atoms with Crippen molar-refractivity contribution in [1.29, 1.82) is 0 Å². The van der Waals surface area contributed by atoms with Gasteiger partial charge in [0.15, 0.2) is 0 Å². The third kappa shape index (κ3) is 2.53. The standard InChI is InChI=1S/C20H25NO3/c1-20(2)18-15(7-5-13-23-18)19(20)24-17(22)10-12-21-11-9-14-6-3-4-8-16(14)21/h3-4,6,8-9,11,15,18-19H,5,7,10,12-13H2,1-2H3/t15-,18+,19-/m0/s1. The van der Waals surface area contributed by atoms with Crippen LogP contribution in [0.5, 0.6) is 0 Å². The van der Waals surface area contributed by atoms with Crippen LogP contribution in [0.3, 0.4) is 0 Å². The number of fused-ring (bicyclic) bond motifs is 2. The molecule has 128 valence electrons. The van der Waals surface area contributed by atoms with Crippen LogP contribution in [-0.2, 0) is 20.8 Å². The molecule has 4 rings (SSSR count). The van der Waals surface area contributed by atoms with Crippen molar-refractivity contribution < 1.29 is 14.3 Å². The summed E-state index contributed by atoms with van der Waals surface area (Å²) in [6.45, 7) is 5.80. The van der Waals surface area contributed by atoms with Gasteiger partial charge in [0.2, 0.25) is 0 Å². The van der Waals surface area contributed by atoms with E-state index in [1.165, 1.54) is 5.39 Å². The fourth-order valence-corrected chi connectivity index (χ4v) is 4.46. The molecule has 24 heavy (non-hydrogen) atoms. The lowest BCUT2D eigenvalue weighted by atomic mass is 9.57. The second-order valence-corrected chi connectivity index (χ2v) is 7.65. The van der Waals surface area contributed by atoms with Gasteiger partial charge in [0.05, 0.1) is 12.5 Å². The molecule has 4 heteroatoms. The Bertz CT molecular complexity index is 748. The van der Waals surface area contributed by atoms with Gasteiger partial charge in [0.1, 0.15) is 6.10 Å². The number of carbonyl (C=O) groups excluding carboxylic acids is 1. The highest BCUT2D eigenvalue weighted by atomic mass is 16.6. The summed E-state index contributed by atoms with van der Waals surface area (Å²) in [5.74, 6) is 0.278. The molecule has 0 N–H and O–H groups in total. The number of rotatable bonds is 4. The average Bonchev–Trinajstić information content (AvgIpc) is 3.01. The van der Waals surface area contributed by atoms with Gasteiger partial charge in [-0.15, -0.1) is 0 Å². The van der Waals surface area contributed by atoms with E-state index >= 15 is 0 Å². The molecule has 1 aliphatic carbocycles. The molecule has 0 radical (unpaired) electrons. The summed E-state index contributed by atoms with van der Waals surface area (Å²) in [6, 6.07) is 10.3. The van der Waals surface area contributed by atoms with E-state index in [4.69, 9.17) is 9.47 Å². The van der Waals surface area contributed by atoms with E-state index in [2.05, 4.69) is 36.6 Å². The van der Waals surface area contributed by atoms with Gasteiger partial charge in [0, 0.05) is 36.2 Å². The van der Waals surface area contributed by atoms with E-state index in [0.717, 1.165) is 25.0 Å². The molecule has 2 heterocycles. The Hall–Kier alpha value is -1.81. The Morgan fingerprint density at radius 3 is 3.04 bits per heavy atom. The molecule has 1 saturated heterocycles. The molecule has 1 aliphatic heterocycles. The van der Waals surface area contributed by atoms with Gasteiger partial charge in [-0.25, -0.2) is 0 Å². The van der Waals surface area contributed by atoms with Crippen molar-refractivity contribution in [1.82, 2.24) is 4.57 Å². The molecular weight excluding hydrogens is 302 g/mol. The number of ether oxygens (including phenoxy) is 2. The third-order valence-corrected chi connectivity index (χ3v) is 5.72. The zero-order chi connectivity index (χ0) is 16.7. The highest BCUT2D eigenvalue weighted by molar-refractivity contribution is 5.80. The van der Waals surface area contributed by atoms with Gasteiger partial charge in [-0.1, -0.05) is 32.0 Å². The van der Waals surface area contributed by atoms with Crippen molar-refractivity contribution in [3.05, 3.63) is 36.5 Å². The van der Waals surface area contributed by atoms with Crippen molar-refractivity contribution in [3.63, 3.8) is 0 Å². The van der Waals surface area contributed by atoms with Gasteiger partial charge in [0.25, 0.3) is 0 Å². The van der Waals surface area contributed by atoms with Gasteiger partial charge in [-0.2, -0.15) is 0 Å². The first-order valence-corrected chi connectivity index (χ1v) is 8.92. The van der Waals surface area contributed by atoms with E-state index in [1.54, 1.807) is 0 Å². The number of benzene rings is 1. The summed E-state index contributed by atoms with van der Waals surface area (Å²) in [7, 11) is 0. The summed E-state index contributed by atoms with van der Waals surface area (Å²) >= 11 is 0. The molecule has 2 fully saturated rings. The Labute approximate surface area is 142 Å². The van der Waals surface area contributed by atoms with Crippen LogP contribution < -0.4 is 0 Å². The molecule has 0 amide bonds.